The summed E-state index contributed by atoms with van der Waals surface area (Å²) < 4.78 is 0. The molecule has 2 N–H and O–H groups in total. The Labute approximate surface area is 102 Å². The van der Waals surface area contributed by atoms with Crippen LogP contribution in [0.1, 0.15) is 36.4 Å². The molecular weight excluding hydrogens is 220 g/mol. The highest BCUT2D eigenvalue weighted by molar-refractivity contribution is 7.10. The number of nitrogens with one attached hydrogen (secondary N) is 2. The minimum absolute atomic E-state index is 0. The number of carbonyl (C=O) groups is 1. The van der Waals surface area contributed by atoms with Crippen molar-refractivity contribution in [1.29, 1.82) is 0 Å². The van der Waals surface area contributed by atoms with Crippen LogP contribution in [0.3, 0.4) is 0 Å². The molecule has 0 spiro atoms. The molecule has 3 nitrogen and oxygen atoms in total. The van der Waals surface area contributed by atoms with Crippen molar-refractivity contribution >= 4 is 17.2 Å². The fraction of sp³-hybridized carbons (Fsp3) is 0.583. The van der Waals surface area contributed by atoms with E-state index >= 15 is 0 Å². The van der Waals surface area contributed by atoms with E-state index in [4.69, 9.17) is 0 Å². The summed E-state index contributed by atoms with van der Waals surface area (Å²) in [6.07, 6.45) is 3.08. The Bertz CT molecular complexity index is 361. The monoisotopic (exact) mass is 240 g/mol. The number of amides is 1. The zero-order valence-electron chi connectivity index (χ0n) is 9.58. The summed E-state index contributed by atoms with van der Waals surface area (Å²) in [7, 11) is 0. The Morgan fingerprint density at radius 1 is 1.62 bits per heavy atom. The number of thiophene rings is 1. The van der Waals surface area contributed by atoms with Crippen molar-refractivity contribution < 1.29 is 6.22 Å². The molecule has 1 aliphatic rings. The first kappa shape index (κ1) is 11.6. The van der Waals surface area contributed by atoms with E-state index in [1.54, 1.807) is 11.3 Å². The fourth-order valence-corrected chi connectivity index (χ4v) is 2.74. The number of hydrogen-bond acceptors (Lipinski definition) is 3. The first-order chi connectivity index (χ1) is 7.79. The highest BCUT2D eigenvalue weighted by Crippen LogP contribution is 2.15. The second-order valence-electron chi connectivity index (χ2n) is 4.15. The van der Waals surface area contributed by atoms with E-state index in [0.717, 1.165) is 37.9 Å². The standard InChI is InChI=1S/C12H18N2OS.H2/c1-2-11-7-9(8-16-11)12(15)14-10-3-5-13-6-4-10;/h7-8,10,13H,2-6H2,1H3,(H,14,15);1H. The van der Waals surface area contributed by atoms with E-state index in [1.807, 2.05) is 11.4 Å². The molecule has 0 atom stereocenters. The van der Waals surface area contributed by atoms with Crippen molar-refractivity contribution in [3.8, 4) is 0 Å². The van der Waals surface area contributed by atoms with Crippen molar-refractivity contribution in [3.63, 3.8) is 0 Å². The highest BCUT2D eigenvalue weighted by Gasteiger charge is 2.16. The van der Waals surface area contributed by atoms with Crippen LogP contribution in [0, 0.1) is 0 Å². The van der Waals surface area contributed by atoms with Crippen LogP contribution in [0.25, 0.3) is 0 Å². The van der Waals surface area contributed by atoms with Gasteiger partial charge >= 0.3 is 0 Å². The van der Waals surface area contributed by atoms with Crippen LogP contribution in [0.15, 0.2) is 11.4 Å². The number of aryl methyl sites for hydroxylation is 1. The van der Waals surface area contributed by atoms with Gasteiger partial charge in [0.05, 0.1) is 5.56 Å². The van der Waals surface area contributed by atoms with E-state index in [-0.39, 0.29) is 7.33 Å². The molecule has 4 heteroatoms. The molecule has 90 valence electrons. The van der Waals surface area contributed by atoms with Crippen molar-refractivity contribution in [3.05, 3.63) is 21.9 Å². The van der Waals surface area contributed by atoms with Crippen LogP contribution in [0.4, 0.5) is 0 Å². The lowest BCUT2D eigenvalue weighted by Gasteiger charge is -2.23. The molecular formula is C12H20N2OS. The molecule has 1 saturated heterocycles. The number of piperidine rings is 1. The minimum Gasteiger partial charge on any atom is -0.349 e. The average molecular weight is 240 g/mol. The summed E-state index contributed by atoms with van der Waals surface area (Å²) in [4.78, 5) is 13.2. The van der Waals surface area contributed by atoms with Crippen molar-refractivity contribution in [2.24, 2.45) is 0 Å². The fourth-order valence-electron chi connectivity index (χ4n) is 1.92. The van der Waals surface area contributed by atoms with Gasteiger partial charge in [-0.3, -0.25) is 4.79 Å². The van der Waals surface area contributed by atoms with E-state index in [1.165, 1.54) is 4.88 Å². The third-order valence-electron chi connectivity index (χ3n) is 2.94. The maximum atomic E-state index is 11.9. The average Bonchev–Trinajstić information content (AvgIpc) is 2.79. The Morgan fingerprint density at radius 3 is 3.00 bits per heavy atom. The van der Waals surface area contributed by atoms with Gasteiger partial charge < -0.3 is 10.6 Å². The van der Waals surface area contributed by atoms with Crippen molar-refractivity contribution in [1.82, 2.24) is 10.6 Å². The third-order valence-corrected chi connectivity index (χ3v) is 4.02. The van der Waals surface area contributed by atoms with Gasteiger partial charge in [0, 0.05) is 17.7 Å². The lowest BCUT2D eigenvalue weighted by Crippen LogP contribution is -2.42. The molecule has 1 amide bonds. The summed E-state index contributed by atoms with van der Waals surface area (Å²) in [5.41, 5.74) is 0.820. The third kappa shape index (κ3) is 2.83. The maximum absolute atomic E-state index is 11.9. The van der Waals surface area contributed by atoms with Gasteiger partial charge in [-0.15, -0.1) is 11.3 Å². The molecule has 16 heavy (non-hydrogen) atoms. The molecule has 0 saturated carbocycles. The lowest BCUT2D eigenvalue weighted by molar-refractivity contribution is 0.0930. The predicted molar refractivity (Wildman–Crippen MR) is 69.2 cm³/mol. The van der Waals surface area contributed by atoms with Crippen LogP contribution in [0.5, 0.6) is 0 Å². The van der Waals surface area contributed by atoms with Crippen LogP contribution >= 0.6 is 11.3 Å². The van der Waals surface area contributed by atoms with Gasteiger partial charge in [-0.2, -0.15) is 0 Å². The van der Waals surface area contributed by atoms with Gasteiger partial charge in [0.25, 0.3) is 5.91 Å². The molecule has 0 bridgehead atoms. The second-order valence-corrected chi connectivity index (χ2v) is 5.15. The SMILES string of the molecule is CCc1cc(C(=O)NC2CCNCC2)cs1.[HH]. The quantitative estimate of drug-likeness (QED) is 0.849. The summed E-state index contributed by atoms with van der Waals surface area (Å²) in [5, 5.41) is 8.35. The molecule has 1 fully saturated rings. The number of hydrogen-bond donors (Lipinski definition) is 2. The molecule has 2 rings (SSSR count). The van der Waals surface area contributed by atoms with Gasteiger partial charge in [0.1, 0.15) is 0 Å². The van der Waals surface area contributed by atoms with E-state index in [9.17, 15) is 4.79 Å². The Hall–Kier alpha value is -0.870. The zero-order valence-corrected chi connectivity index (χ0v) is 10.4. The highest BCUT2D eigenvalue weighted by atomic mass is 32.1. The van der Waals surface area contributed by atoms with Crippen LogP contribution < -0.4 is 10.6 Å². The van der Waals surface area contributed by atoms with Crippen molar-refractivity contribution in [2.45, 2.75) is 32.2 Å². The molecule has 1 aromatic rings. The lowest BCUT2D eigenvalue weighted by atomic mass is 10.1. The van der Waals surface area contributed by atoms with E-state index in [0.29, 0.717) is 6.04 Å². The number of carbonyl (C=O) groups excluding carboxylic acids is 1. The first-order valence-electron chi connectivity index (χ1n) is 5.88. The van der Waals surface area contributed by atoms with Crippen LogP contribution in [0.2, 0.25) is 0 Å². The van der Waals surface area contributed by atoms with Gasteiger partial charge in [-0.05, 0) is 38.4 Å². The van der Waals surface area contributed by atoms with Crippen LogP contribution in [-0.2, 0) is 6.42 Å². The molecule has 0 aliphatic carbocycles. The Balaban J connectivity index is 0.00000144. The van der Waals surface area contributed by atoms with Crippen molar-refractivity contribution in [2.75, 3.05) is 13.1 Å². The molecule has 1 aliphatic heterocycles. The normalized spacial score (nSPS) is 17.3. The summed E-state index contributed by atoms with van der Waals surface area (Å²) >= 11 is 1.67. The molecule has 0 radical (unpaired) electrons. The molecule has 2 heterocycles. The predicted octanol–water partition coefficient (Wildman–Crippen LogP) is 2.04. The van der Waals surface area contributed by atoms with Gasteiger partial charge in [0.15, 0.2) is 0 Å². The summed E-state index contributed by atoms with van der Waals surface area (Å²) in [6, 6.07) is 2.35. The zero-order chi connectivity index (χ0) is 11.4. The smallest absolute Gasteiger partial charge is 0.252 e. The van der Waals surface area contributed by atoms with Gasteiger partial charge in [-0.25, -0.2) is 0 Å². The largest absolute Gasteiger partial charge is 0.349 e. The maximum Gasteiger partial charge on any atom is 0.252 e. The number of rotatable bonds is 3. The Kier molecular flexibility index (Phi) is 3.96. The second kappa shape index (κ2) is 5.46. The Morgan fingerprint density at radius 2 is 2.38 bits per heavy atom. The van der Waals surface area contributed by atoms with E-state index in [2.05, 4.69) is 17.6 Å². The first-order valence-corrected chi connectivity index (χ1v) is 6.76. The molecule has 1 aromatic heterocycles. The van der Waals surface area contributed by atoms with E-state index < -0.39 is 0 Å². The topological polar surface area (TPSA) is 41.1 Å². The summed E-state index contributed by atoms with van der Waals surface area (Å²) in [5.74, 6) is 0.0860. The van der Waals surface area contributed by atoms with Gasteiger partial charge in [-0.1, -0.05) is 6.92 Å². The summed E-state index contributed by atoms with van der Waals surface area (Å²) in [6.45, 7) is 4.13. The minimum atomic E-state index is 0. The molecule has 0 unspecified atom stereocenters. The molecule has 0 aromatic carbocycles. The van der Waals surface area contributed by atoms with Gasteiger partial charge in [0.2, 0.25) is 0 Å². The van der Waals surface area contributed by atoms with Crippen LogP contribution in [-0.4, -0.2) is 25.0 Å².